The van der Waals surface area contributed by atoms with E-state index in [0.717, 1.165) is 0 Å². The number of aryl methyl sites for hydroxylation is 1. The van der Waals surface area contributed by atoms with E-state index in [0.29, 0.717) is 12.0 Å². The maximum absolute atomic E-state index is 12.0. The smallest absolute Gasteiger partial charge is 0.335 e. The minimum Gasteiger partial charge on any atom is -0.478 e. The lowest BCUT2D eigenvalue weighted by molar-refractivity contribution is 0.0695. The molecule has 0 unspecified atom stereocenters. The van der Waals surface area contributed by atoms with Crippen LogP contribution in [0.2, 0.25) is 0 Å². The number of nitrogens with zero attached hydrogens (tertiary/aromatic N) is 2. The fourth-order valence-electron chi connectivity index (χ4n) is 1.97. The van der Waals surface area contributed by atoms with Gasteiger partial charge in [-0.15, -0.1) is 0 Å². The number of hydrogen-bond acceptors (Lipinski definition) is 4. The molecule has 0 bridgehead atoms. The van der Waals surface area contributed by atoms with Gasteiger partial charge in [0.2, 0.25) is 0 Å². The van der Waals surface area contributed by atoms with Crippen molar-refractivity contribution >= 4 is 16.0 Å². The number of carboxylic acid groups (broad SMARTS) is 1. The highest BCUT2D eigenvalue weighted by molar-refractivity contribution is 7.89. The van der Waals surface area contributed by atoms with E-state index in [2.05, 4.69) is 9.82 Å². The average molecular weight is 309 g/mol. The molecule has 21 heavy (non-hydrogen) atoms. The van der Waals surface area contributed by atoms with Crippen molar-refractivity contribution in [1.82, 2.24) is 14.5 Å². The fourth-order valence-corrected chi connectivity index (χ4v) is 3.12. The molecule has 1 heterocycles. The van der Waals surface area contributed by atoms with Gasteiger partial charge in [0.15, 0.2) is 5.03 Å². The quantitative estimate of drug-likeness (QED) is 0.815. The van der Waals surface area contributed by atoms with Gasteiger partial charge in [0.05, 0.1) is 11.8 Å². The summed E-state index contributed by atoms with van der Waals surface area (Å²) in [7, 11) is -2.11. The van der Waals surface area contributed by atoms with Gasteiger partial charge in [-0.25, -0.2) is 17.9 Å². The Hall–Kier alpha value is -2.19. The van der Waals surface area contributed by atoms with Crippen LogP contribution >= 0.6 is 0 Å². The van der Waals surface area contributed by atoms with Gasteiger partial charge in [-0.3, -0.25) is 4.68 Å². The number of nitrogens with one attached hydrogen (secondary N) is 1. The minimum atomic E-state index is -3.65. The minimum absolute atomic E-state index is 0.0639. The van der Waals surface area contributed by atoms with E-state index in [1.54, 1.807) is 18.2 Å². The van der Waals surface area contributed by atoms with Crippen LogP contribution in [0.5, 0.6) is 0 Å². The highest BCUT2D eigenvalue weighted by Crippen LogP contribution is 2.10. The molecule has 0 aliphatic heterocycles. The van der Waals surface area contributed by atoms with Gasteiger partial charge in [-0.05, 0) is 24.1 Å². The van der Waals surface area contributed by atoms with Crippen LogP contribution in [0.3, 0.4) is 0 Å². The Balaban J connectivity index is 2.06. The molecule has 2 aromatic rings. The van der Waals surface area contributed by atoms with Gasteiger partial charge in [0.1, 0.15) is 0 Å². The van der Waals surface area contributed by atoms with Crippen molar-refractivity contribution in [2.24, 2.45) is 7.05 Å². The summed E-state index contributed by atoms with van der Waals surface area (Å²) in [5.74, 6) is -1.03. The first-order valence-corrected chi connectivity index (χ1v) is 7.69. The van der Waals surface area contributed by atoms with Crippen molar-refractivity contribution in [2.45, 2.75) is 11.4 Å². The van der Waals surface area contributed by atoms with Crippen LogP contribution in [0, 0.1) is 0 Å². The summed E-state index contributed by atoms with van der Waals surface area (Å²) in [6.07, 6.45) is 1.69. The summed E-state index contributed by atoms with van der Waals surface area (Å²) in [5.41, 5.74) is 0.759. The molecule has 1 aromatic carbocycles. The third-order valence-corrected chi connectivity index (χ3v) is 4.52. The Bertz CT molecular complexity index is 752. The summed E-state index contributed by atoms with van der Waals surface area (Å²) in [6.45, 7) is 0.109. The molecule has 0 saturated carbocycles. The normalized spacial score (nSPS) is 11.5. The lowest BCUT2D eigenvalue weighted by Crippen LogP contribution is -2.28. The lowest BCUT2D eigenvalue weighted by atomic mass is 10.1. The van der Waals surface area contributed by atoms with E-state index in [1.165, 1.54) is 30.1 Å². The molecule has 0 amide bonds. The van der Waals surface area contributed by atoms with Gasteiger partial charge < -0.3 is 5.11 Å². The number of carboxylic acids is 1. The SMILES string of the molecule is Cn1nccc1S(=O)(=O)NCCc1ccccc1C(=O)O. The Morgan fingerprint density at radius 2 is 2.05 bits per heavy atom. The zero-order valence-corrected chi connectivity index (χ0v) is 12.2. The van der Waals surface area contributed by atoms with Crippen molar-refractivity contribution in [2.75, 3.05) is 6.54 Å². The van der Waals surface area contributed by atoms with Crippen LogP contribution in [0.15, 0.2) is 41.6 Å². The van der Waals surface area contributed by atoms with E-state index >= 15 is 0 Å². The monoisotopic (exact) mass is 309 g/mol. The first kappa shape index (κ1) is 15.2. The maximum Gasteiger partial charge on any atom is 0.335 e. The summed E-state index contributed by atoms with van der Waals surface area (Å²) in [5, 5.41) is 12.9. The Kier molecular flexibility index (Phi) is 4.39. The zero-order chi connectivity index (χ0) is 15.5. The molecule has 112 valence electrons. The van der Waals surface area contributed by atoms with E-state index in [1.807, 2.05) is 0 Å². The van der Waals surface area contributed by atoms with Gasteiger partial charge in [-0.2, -0.15) is 5.10 Å². The highest BCUT2D eigenvalue weighted by atomic mass is 32.2. The number of aromatic carboxylic acids is 1. The van der Waals surface area contributed by atoms with Gasteiger partial charge in [0.25, 0.3) is 10.0 Å². The predicted octanol–water partition coefficient (Wildman–Crippen LogP) is 0.639. The van der Waals surface area contributed by atoms with Crippen LogP contribution in [0.4, 0.5) is 0 Å². The summed E-state index contributed by atoms with van der Waals surface area (Å²) in [6, 6.07) is 7.91. The van der Waals surface area contributed by atoms with Crippen LogP contribution in [0.1, 0.15) is 15.9 Å². The zero-order valence-electron chi connectivity index (χ0n) is 11.4. The van der Waals surface area contributed by atoms with Gasteiger partial charge >= 0.3 is 5.97 Å². The highest BCUT2D eigenvalue weighted by Gasteiger charge is 2.17. The topological polar surface area (TPSA) is 101 Å². The molecule has 0 saturated heterocycles. The molecule has 0 aliphatic carbocycles. The molecular weight excluding hydrogens is 294 g/mol. The second kappa shape index (κ2) is 6.06. The molecule has 7 nitrogen and oxygen atoms in total. The molecule has 1 aromatic heterocycles. The standard InChI is InChI=1S/C13H15N3O4S/c1-16-12(7-8-14-16)21(19,20)15-9-6-10-4-2-3-5-11(10)13(17)18/h2-5,7-8,15H,6,9H2,1H3,(H,17,18). The first-order valence-electron chi connectivity index (χ1n) is 6.20. The summed E-state index contributed by atoms with van der Waals surface area (Å²) >= 11 is 0. The maximum atomic E-state index is 12.0. The van der Waals surface area contributed by atoms with Crippen LogP contribution in [-0.4, -0.2) is 35.8 Å². The van der Waals surface area contributed by atoms with E-state index in [9.17, 15) is 13.2 Å². The molecule has 0 radical (unpaired) electrons. The van der Waals surface area contributed by atoms with Crippen molar-refractivity contribution in [3.8, 4) is 0 Å². The molecule has 0 fully saturated rings. The molecule has 2 rings (SSSR count). The number of benzene rings is 1. The predicted molar refractivity (Wildman–Crippen MR) is 75.5 cm³/mol. The third kappa shape index (κ3) is 3.47. The third-order valence-electron chi connectivity index (χ3n) is 2.99. The Labute approximate surface area is 122 Å². The van der Waals surface area contributed by atoms with Crippen LogP contribution in [0.25, 0.3) is 0 Å². The number of rotatable bonds is 6. The van der Waals surface area contributed by atoms with E-state index in [-0.39, 0.29) is 17.1 Å². The molecular formula is C13H15N3O4S. The fraction of sp³-hybridized carbons (Fsp3) is 0.231. The van der Waals surface area contributed by atoms with E-state index < -0.39 is 16.0 Å². The number of carbonyl (C=O) groups is 1. The lowest BCUT2D eigenvalue weighted by Gasteiger charge is -2.08. The first-order chi connectivity index (χ1) is 9.92. The van der Waals surface area contributed by atoms with Gasteiger partial charge in [-0.1, -0.05) is 18.2 Å². The van der Waals surface area contributed by atoms with Gasteiger partial charge in [0, 0.05) is 13.6 Å². The number of aromatic nitrogens is 2. The van der Waals surface area contributed by atoms with Crippen molar-refractivity contribution in [3.63, 3.8) is 0 Å². The van der Waals surface area contributed by atoms with Crippen LogP contribution < -0.4 is 4.72 Å². The Morgan fingerprint density at radius 3 is 2.67 bits per heavy atom. The molecule has 8 heteroatoms. The van der Waals surface area contributed by atoms with E-state index in [4.69, 9.17) is 5.11 Å². The van der Waals surface area contributed by atoms with Crippen LogP contribution in [-0.2, 0) is 23.5 Å². The summed E-state index contributed by atoms with van der Waals surface area (Å²) < 4.78 is 27.8. The van der Waals surface area contributed by atoms with Crippen molar-refractivity contribution in [1.29, 1.82) is 0 Å². The number of hydrogen-bond donors (Lipinski definition) is 2. The molecule has 2 N–H and O–H groups in total. The van der Waals surface area contributed by atoms with Crippen molar-refractivity contribution < 1.29 is 18.3 Å². The summed E-state index contributed by atoms with van der Waals surface area (Å²) in [4.78, 5) is 11.1. The molecule has 0 aliphatic rings. The second-order valence-electron chi connectivity index (χ2n) is 4.40. The largest absolute Gasteiger partial charge is 0.478 e. The van der Waals surface area contributed by atoms with Crippen molar-refractivity contribution in [3.05, 3.63) is 47.7 Å². The average Bonchev–Trinajstić information content (AvgIpc) is 2.86. The Morgan fingerprint density at radius 1 is 1.33 bits per heavy atom. The molecule has 0 spiro atoms. The molecule has 0 atom stereocenters. The second-order valence-corrected chi connectivity index (χ2v) is 6.12. The number of sulfonamides is 1.